The Morgan fingerprint density at radius 3 is 2.75 bits per heavy atom. The lowest BCUT2D eigenvalue weighted by Crippen LogP contribution is -2.31. The number of carbonyl (C=O) groups excluding carboxylic acids is 1. The van der Waals surface area contributed by atoms with E-state index in [2.05, 4.69) is 10.2 Å². The van der Waals surface area contributed by atoms with Gasteiger partial charge >= 0.3 is 0 Å². The molecule has 1 amide bonds. The van der Waals surface area contributed by atoms with Crippen LogP contribution in [0.15, 0.2) is 47.5 Å². The first-order chi connectivity index (χ1) is 14.8. The van der Waals surface area contributed by atoms with E-state index in [0.29, 0.717) is 41.4 Å². The summed E-state index contributed by atoms with van der Waals surface area (Å²) in [4.78, 5) is 27.7. The quantitative estimate of drug-likeness (QED) is 0.531. The van der Waals surface area contributed by atoms with Gasteiger partial charge in [-0.15, -0.1) is 0 Å². The van der Waals surface area contributed by atoms with E-state index in [1.807, 2.05) is 6.07 Å². The van der Waals surface area contributed by atoms with Crippen LogP contribution < -0.4 is 5.56 Å². The van der Waals surface area contributed by atoms with Crippen molar-refractivity contribution in [3.63, 3.8) is 0 Å². The maximum Gasteiger partial charge on any atom is 0.272 e. The second-order valence-electron chi connectivity index (χ2n) is 7.05. The number of fused-ring (bicyclic) bond motifs is 3. The molecule has 5 rings (SSSR count). The minimum Gasteiger partial charge on any atom is -0.335 e. The van der Waals surface area contributed by atoms with Crippen LogP contribution in [-0.4, -0.2) is 48.0 Å². The van der Waals surface area contributed by atoms with Crippen molar-refractivity contribution in [3.8, 4) is 0 Å². The zero-order valence-corrected chi connectivity index (χ0v) is 15.2. The summed E-state index contributed by atoms with van der Waals surface area (Å²) in [7, 11) is 1.71. The third-order valence-corrected chi connectivity index (χ3v) is 5.47. The molecule has 0 saturated carbocycles. The van der Waals surface area contributed by atoms with Crippen LogP contribution in [0.4, 0.5) is 0 Å². The van der Waals surface area contributed by atoms with Gasteiger partial charge in [0.15, 0.2) is 0 Å². The van der Waals surface area contributed by atoms with Crippen molar-refractivity contribution in [2.45, 2.75) is 12.5 Å². The Morgan fingerprint density at radius 2 is 2.00 bits per heavy atom. The Bertz CT molecular complexity index is 1380. The lowest BCUT2D eigenvalue weighted by molar-refractivity contribution is 0.0776. The van der Waals surface area contributed by atoms with E-state index < -0.39 is 12.5 Å². The molecule has 1 aromatic carbocycles. The van der Waals surface area contributed by atoms with Gasteiger partial charge in [0.05, 0.1) is 12.2 Å². The Hall–Kier alpha value is -3.42. The Kier molecular flexibility index (Phi) is 2.96. The van der Waals surface area contributed by atoms with Crippen LogP contribution in [0, 0.1) is 0 Å². The van der Waals surface area contributed by atoms with Crippen molar-refractivity contribution in [1.29, 1.82) is 0 Å². The second kappa shape index (κ2) is 6.05. The van der Waals surface area contributed by atoms with E-state index in [4.69, 9.17) is 4.11 Å². The predicted molar refractivity (Wildman–Crippen MR) is 105 cm³/mol. The minimum atomic E-state index is -2.67. The predicted octanol–water partition coefficient (Wildman–Crippen LogP) is 1.71. The van der Waals surface area contributed by atoms with Crippen LogP contribution in [0.5, 0.6) is 0 Å². The average Bonchev–Trinajstić information content (AvgIpc) is 3.46. The fraction of sp³-hybridized carbons (Fsp3) is 0.300. The van der Waals surface area contributed by atoms with Crippen molar-refractivity contribution >= 4 is 27.7 Å². The van der Waals surface area contributed by atoms with Gasteiger partial charge in [-0.3, -0.25) is 18.8 Å². The van der Waals surface area contributed by atoms with Gasteiger partial charge < -0.3 is 4.90 Å². The van der Waals surface area contributed by atoms with E-state index in [9.17, 15) is 9.59 Å². The summed E-state index contributed by atoms with van der Waals surface area (Å²) in [6.07, 6.45) is 3.77. The molecular weight excluding hydrogens is 356 g/mol. The molecule has 4 heterocycles. The number of likely N-dealkylation sites (tertiary alicyclic amines) is 1. The third-order valence-electron chi connectivity index (χ3n) is 5.47. The number of aryl methyl sites for hydroxylation is 2. The van der Waals surface area contributed by atoms with Crippen molar-refractivity contribution in [3.05, 3.63) is 58.8 Å². The Labute approximate surface area is 164 Å². The fourth-order valence-electron chi connectivity index (χ4n) is 4.03. The monoisotopic (exact) mass is 379 g/mol. The zero-order valence-electron chi connectivity index (χ0n) is 18.2. The maximum absolute atomic E-state index is 13.1. The highest BCUT2D eigenvalue weighted by Gasteiger charge is 2.31. The van der Waals surface area contributed by atoms with Crippen molar-refractivity contribution in [1.82, 2.24) is 29.0 Å². The van der Waals surface area contributed by atoms with E-state index in [1.54, 1.807) is 53.3 Å². The molecule has 0 bridgehead atoms. The normalized spacial score (nSPS) is 19.1. The average molecular weight is 379 g/mol. The van der Waals surface area contributed by atoms with Gasteiger partial charge in [-0.1, -0.05) is 18.2 Å². The molecule has 8 heteroatoms. The number of benzene rings is 1. The van der Waals surface area contributed by atoms with E-state index in [-0.39, 0.29) is 17.6 Å². The van der Waals surface area contributed by atoms with Gasteiger partial charge in [-0.25, -0.2) is 4.68 Å². The largest absolute Gasteiger partial charge is 0.335 e. The molecule has 0 spiro atoms. The molecule has 1 atom stereocenters. The van der Waals surface area contributed by atoms with E-state index in [1.165, 1.54) is 4.68 Å². The maximum atomic E-state index is 13.1. The number of aromatic nitrogens is 5. The Balaban J connectivity index is 1.63. The van der Waals surface area contributed by atoms with Gasteiger partial charge in [0, 0.05) is 48.2 Å². The van der Waals surface area contributed by atoms with Crippen LogP contribution >= 0.6 is 0 Å². The molecule has 0 aliphatic carbocycles. The van der Waals surface area contributed by atoms with Gasteiger partial charge in [-0.05, 0) is 23.9 Å². The summed E-state index contributed by atoms with van der Waals surface area (Å²) in [5.74, 6) is -0.141. The number of hydrogen-bond donors (Lipinski definition) is 0. The first-order valence-electron chi connectivity index (χ1n) is 10.6. The summed E-state index contributed by atoms with van der Waals surface area (Å²) < 4.78 is 27.9. The first kappa shape index (κ1) is 13.7. The van der Waals surface area contributed by atoms with Crippen LogP contribution in [0.25, 0.3) is 21.8 Å². The van der Waals surface area contributed by atoms with Crippen LogP contribution in [-0.2, 0) is 14.0 Å². The van der Waals surface area contributed by atoms with Crippen LogP contribution in [0.1, 0.15) is 27.1 Å². The molecule has 0 radical (unpaired) electrons. The van der Waals surface area contributed by atoms with E-state index in [0.717, 1.165) is 4.57 Å². The molecule has 0 N–H and O–H groups in total. The second-order valence-corrected chi connectivity index (χ2v) is 7.05. The van der Waals surface area contributed by atoms with Crippen molar-refractivity contribution in [2.75, 3.05) is 13.1 Å². The standard InChI is InChI=1S/C20H20N6O2/c1-23-18-16(14-5-3-4-6-15(14)19(23)27)11-22-26(18)13-8-10-25(12-13)20(28)17-7-9-21-24(17)2/h3-7,9,11,13H,8,10,12H2,1-2H3/i1D3. The number of pyridine rings is 1. The molecule has 1 fully saturated rings. The number of carbonyl (C=O) groups is 1. The number of amides is 1. The summed E-state index contributed by atoms with van der Waals surface area (Å²) in [5, 5.41) is 10.1. The molecule has 1 saturated heterocycles. The van der Waals surface area contributed by atoms with Crippen LogP contribution in [0.3, 0.4) is 0 Å². The molecule has 4 aromatic rings. The topological polar surface area (TPSA) is 78.0 Å². The summed E-state index contributed by atoms with van der Waals surface area (Å²) in [6.45, 7) is -1.80. The lowest BCUT2D eigenvalue weighted by Gasteiger charge is -2.17. The van der Waals surface area contributed by atoms with E-state index >= 15 is 0 Å². The molecule has 8 nitrogen and oxygen atoms in total. The van der Waals surface area contributed by atoms with Gasteiger partial charge in [0.2, 0.25) is 0 Å². The minimum absolute atomic E-state index is 0.141. The van der Waals surface area contributed by atoms with Gasteiger partial charge in [0.25, 0.3) is 11.5 Å². The molecule has 3 aromatic heterocycles. The molecule has 142 valence electrons. The van der Waals surface area contributed by atoms with Crippen molar-refractivity contribution < 1.29 is 8.91 Å². The third kappa shape index (κ3) is 2.30. The Morgan fingerprint density at radius 1 is 1.18 bits per heavy atom. The highest BCUT2D eigenvalue weighted by atomic mass is 16.2. The highest BCUT2D eigenvalue weighted by molar-refractivity contribution is 6.04. The van der Waals surface area contributed by atoms with Gasteiger partial charge in [-0.2, -0.15) is 10.2 Å². The van der Waals surface area contributed by atoms with Crippen molar-refractivity contribution in [2.24, 2.45) is 14.0 Å². The fourth-order valence-corrected chi connectivity index (χ4v) is 4.03. The number of hydrogen-bond acceptors (Lipinski definition) is 4. The number of nitrogens with zero attached hydrogens (tertiary/aromatic N) is 6. The summed E-state index contributed by atoms with van der Waals surface area (Å²) in [5.41, 5.74) is 0.158. The van der Waals surface area contributed by atoms with Crippen LogP contribution in [0.2, 0.25) is 0 Å². The number of rotatable bonds is 2. The molecule has 28 heavy (non-hydrogen) atoms. The summed E-state index contributed by atoms with van der Waals surface area (Å²) >= 11 is 0. The molecule has 1 aliphatic rings. The SMILES string of the molecule is [2H]C([2H])([2H])n1c(=O)c2ccccc2c2cnn(C3CCN(C(=O)c4ccnn4C)C3)c21. The zero-order chi connectivity index (χ0) is 21.9. The first-order valence-corrected chi connectivity index (χ1v) is 9.06. The lowest BCUT2D eigenvalue weighted by atomic mass is 10.1. The summed E-state index contributed by atoms with van der Waals surface area (Å²) in [6, 6.07) is 8.36. The molecule has 1 unspecified atom stereocenters. The molecule has 1 aliphatic heterocycles. The molecular formula is C20H20N6O2. The highest BCUT2D eigenvalue weighted by Crippen LogP contribution is 2.28. The smallest absolute Gasteiger partial charge is 0.272 e. The van der Waals surface area contributed by atoms with Gasteiger partial charge in [0.1, 0.15) is 11.3 Å².